The van der Waals surface area contributed by atoms with Gasteiger partial charge in [-0.3, -0.25) is 0 Å². The van der Waals surface area contributed by atoms with E-state index in [0.29, 0.717) is 11.1 Å². The zero-order chi connectivity index (χ0) is 13.3. The molecule has 18 heavy (non-hydrogen) atoms. The number of benzene rings is 1. The van der Waals surface area contributed by atoms with E-state index in [0.717, 1.165) is 12.1 Å². The molecule has 0 radical (unpaired) electrons. The molecule has 0 amide bonds. The third-order valence-electron chi connectivity index (χ3n) is 2.29. The topological polar surface area (TPSA) is 51.8 Å². The van der Waals surface area contributed by atoms with E-state index in [1.165, 1.54) is 18.2 Å². The van der Waals surface area contributed by atoms with Gasteiger partial charge in [-0.05, 0) is 23.8 Å². The average Bonchev–Trinajstić information content (AvgIpc) is 2.31. The fourth-order valence-electron chi connectivity index (χ4n) is 1.43. The Labute approximate surface area is 105 Å². The molecule has 0 spiro atoms. The van der Waals surface area contributed by atoms with Crippen molar-refractivity contribution in [2.24, 2.45) is 0 Å². The van der Waals surface area contributed by atoms with E-state index >= 15 is 0 Å². The number of nitrogens with zero attached hydrogens (tertiary/aromatic N) is 2. The van der Waals surface area contributed by atoms with Crippen molar-refractivity contribution in [3.05, 3.63) is 41.0 Å². The van der Waals surface area contributed by atoms with E-state index in [9.17, 15) is 13.2 Å². The van der Waals surface area contributed by atoms with Gasteiger partial charge in [0.25, 0.3) is 0 Å². The number of hydrogen-bond acceptors (Lipinski definition) is 3. The number of nitrogen functional groups attached to an aromatic ring is 1. The van der Waals surface area contributed by atoms with Crippen LogP contribution in [0.3, 0.4) is 0 Å². The Morgan fingerprint density at radius 3 is 2.22 bits per heavy atom. The van der Waals surface area contributed by atoms with Crippen molar-refractivity contribution in [2.75, 3.05) is 5.73 Å². The summed E-state index contributed by atoms with van der Waals surface area (Å²) in [6.07, 6.45) is -4.36. The van der Waals surface area contributed by atoms with Crippen molar-refractivity contribution in [1.82, 2.24) is 10.2 Å². The van der Waals surface area contributed by atoms with Crippen LogP contribution in [0.15, 0.2) is 30.3 Å². The number of aromatic nitrogens is 2. The molecule has 2 N–H and O–H groups in total. The summed E-state index contributed by atoms with van der Waals surface area (Å²) in [7, 11) is 0. The Kier molecular flexibility index (Phi) is 3.13. The number of halogens is 4. The lowest BCUT2D eigenvalue weighted by atomic mass is 10.1. The van der Waals surface area contributed by atoms with Crippen LogP contribution < -0.4 is 5.73 Å². The standard InChI is InChI=1S/C11H7ClF3N3/c12-10-8(5-9(16)17-18-10)6-1-3-7(4-2-6)11(13,14)15/h1-5H,(H2,16,17). The summed E-state index contributed by atoms with van der Waals surface area (Å²) in [5.41, 5.74) is 5.66. The maximum absolute atomic E-state index is 12.4. The van der Waals surface area contributed by atoms with Gasteiger partial charge in [0, 0.05) is 5.56 Å². The molecule has 0 aliphatic heterocycles. The summed E-state index contributed by atoms with van der Waals surface area (Å²) in [5.74, 6) is 0.147. The molecule has 0 aliphatic rings. The average molecular weight is 274 g/mol. The van der Waals surface area contributed by atoms with Crippen LogP contribution in [-0.2, 0) is 6.18 Å². The molecule has 1 heterocycles. The predicted octanol–water partition coefficient (Wildman–Crippen LogP) is 3.40. The summed E-state index contributed by atoms with van der Waals surface area (Å²) >= 11 is 5.81. The second kappa shape index (κ2) is 4.45. The van der Waals surface area contributed by atoms with Crippen LogP contribution >= 0.6 is 11.6 Å². The second-order valence-corrected chi connectivity index (χ2v) is 3.91. The first-order chi connectivity index (χ1) is 8.38. The molecule has 94 valence electrons. The molecule has 2 aromatic rings. The van der Waals surface area contributed by atoms with Gasteiger partial charge in [0.05, 0.1) is 5.56 Å². The third kappa shape index (κ3) is 2.53. The highest BCUT2D eigenvalue weighted by molar-refractivity contribution is 6.32. The van der Waals surface area contributed by atoms with Gasteiger partial charge in [0.1, 0.15) is 5.82 Å². The van der Waals surface area contributed by atoms with Crippen LogP contribution in [0.4, 0.5) is 19.0 Å². The zero-order valence-electron chi connectivity index (χ0n) is 8.87. The van der Waals surface area contributed by atoms with Gasteiger partial charge in [-0.1, -0.05) is 23.7 Å². The molecule has 1 aromatic carbocycles. The number of nitrogens with two attached hydrogens (primary N) is 1. The highest BCUT2D eigenvalue weighted by atomic mass is 35.5. The fourth-order valence-corrected chi connectivity index (χ4v) is 1.63. The minimum absolute atomic E-state index is 0.0870. The molecule has 0 aliphatic carbocycles. The van der Waals surface area contributed by atoms with Gasteiger partial charge in [-0.15, -0.1) is 10.2 Å². The number of anilines is 1. The van der Waals surface area contributed by atoms with E-state index in [1.54, 1.807) is 0 Å². The Balaban J connectivity index is 2.43. The van der Waals surface area contributed by atoms with E-state index < -0.39 is 11.7 Å². The molecule has 0 fully saturated rings. The Hall–Kier alpha value is -1.82. The molecule has 3 nitrogen and oxygen atoms in total. The van der Waals surface area contributed by atoms with Crippen LogP contribution in [-0.4, -0.2) is 10.2 Å². The molecule has 0 saturated carbocycles. The molecular formula is C11H7ClF3N3. The first-order valence-electron chi connectivity index (χ1n) is 4.84. The Morgan fingerprint density at radius 2 is 1.67 bits per heavy atom. The van der Waals surface area contributed by atoms with E-state index in [-0.39, 0.29) is 11.0 Å². The second-order valence-electron chi connectivity index (χ2n) is 3.55. The van der Waals surface area contributed by atoms with E-state index in [1.807, 2.05) is 0 Å². The van der Waals surface area contributed by atoms with Gasteiger partial charge >= 0.3 is 6.18 Å². The Bertz CT molecular complexity index is 567. The largest absolute Gasteiger partial charge is 0.416 e. The molecule has 7 heteroatoms. The van der Waals surface area contributed by atoms with Crippen molar-refractivity contribution in [1.29, 1.82) is 0 Å². The summed E-state index contributed by atoms with van der Waals surface area (Å²) < 4.78 is 37.2. The summed E-state index contributed by atoms with van der Waals surface area (Å²) in [5, 5.41) is 7.22. The van der Waals surface area contributed by atoms with E-state index in [2.05, 4.69) is 10.2 Å². The van der Waals surface area contributed by atoms with Gasteiger partial charge in [0.2, 0.25) is 0 Å². The smallest absolute Gasteiger partial charge is 0.382 e. The van der Waals surface area contributed by atoms with Gasteiger partial charge in [0.15, 0.2) is 5.15 Å². The monoisotopic (exact) mass is 273 g/mol. The molecule has 2 rings (SSSR count). The first kappa shape index (κ1) is 12.6. The van der Waals surface area contributed by atoms with Crippen LogP contribution in [0.5, 0.6) is 0 Å². The van der Waals surface area contributed by atoms with E-state index in [4.69, 9.17) is 17.3 Å². The number of alkyl halides is 3. The third-order valence-corrected chi connectivity index (χ3v) is 2.57. The van der Waals surface area contributed by atoms with Gasteiger partial charge in [-0.25, -0.2) is 0 Å². The van der Waals surface area contributed by atoms with Gasteiger partial charge in [-0.2, -0.15) is 13.2 Å². The molecule has 0 unspecified atom stereocenters. The number of rotatable bonds is 1. The lowest BCUT2D eigenvalue weighted by Gasteiger charge is -2.08. The van der Waals surface area contributed by atoms with Crippen LogP contribution in [0.2, 0.25) is 5.15 Å². The SMILES string of the molecule is Nc1cc(-c2ccc(C(F)(F)F)cc2)c(Cl)nn1. The molecule has 0 saturated heterocycles. The van der Waals surface area contributed by atoms with Gasteiger partial charge < -0.3 is 5.73 Å². The lowest BCUT2D eigenvalue weighted by Crippen LogP contribution is -2.04. The normalized spacial score (nSPS) is 11.6. The van der Waals surface area contributed by atoms with Crippen molar-refractivity contribution < 1.29 is 13.2 Å². The van der Waals surface area contributed by atoms with Crippen LogP contribution in [0, 0.1) is 0 Å². The minimum atomic E-state index is -4.36. The predicted molar refractivity (Wildman–Crippen MR) is 61.9 cm³/mol. The molecular weight excluding hydrogens is 267 g/mol. The first-order valence-corrected chi connectivity index (χ1v) is 5.22. The van der Waals surface area contributed by atoms with Crippen molar-refractivity contribution in [2.45, 2.75) is 6.18 Å². The van der Waals surface area contributed by atoms with Crippen molar-refractivity contribution in [3.63, 3.8) is 0 Å². The summed E-state index contributed by atoms with van der Waals surface area (Å²) in [4.78, 5) is 0. The quantitative estimate of drug-likeness (QED) is 0.866. The number of hydrogen-bond donors (Lipinski definition) is 1. The molecule has 0 bridgehead atoms. The van der Waals surface area contributed by atoms with Crippen LogP contribution in [0.25, 0.3) is 11.1 Å². The Morgan fingerprint density at radius 1 is 1.06 bits per heavy atom. The van der Waals surface area contributed by atoms with Crippen molar-refractivity contribution >= 4 is 17.4 Å². The molecule has 1 aromatic heterocycles. The fraction of sp³-hybridized carbons (Fsp3) is 0.0909. The highest BCUT2D eigenvalue weighted by Gasteiger charge is 2.30. The zero-order valence-corrected chi connectivity index (χ0v) is 9.63. The van der Waals surface area contributed by atoms with Crippen LogP contribution in [0.1, 0.15) is 5.56 Å². The maximum Gasteiger partial charge on any atom is 0.416 e. The summed E-state index contributed by atoms with van der Waals surface area (Å²) in [6, 6.07) is 6.03. The lowest BCUT2D eigenvalue weighted by molar-refractivity contribution is -0.137. The molecule has 0 atom stereocenters. The van der Waals surface area contributed by atoms with Crippen molar-refractivity contribution in [3.8, 4) is 11.1 Å². The highest BCUT2D eigenvalue weighted by Crippen LogP contribution is 2.32. The minimum Gasteiger partial charge on any atom is -0.382 e. The summed E-state index contributed by atoms with van der Waals surface area (Å²) in [6.45, 7) is 0. The maximum atomic E-state index is 12.4.